The van der Waals surface area contributed by atoms with Gasteiger partial charge in [0.05, 0.1) is 23.3 Å². The van der Waals surface area contributed by atoms with Crippen molar-refractivity contribution in [3.63, 3.8) is 0 Å². The monoisotopic (exact) mass is 341 g/mol. The third-order valence-electron chi connectivity index (χ3n) is 3.78. The summed E-state index contributed by atoms with van der Waals surface area (Å²) in [5.74, 6) is -0.253. The summed E-state index contributed by atoms with van der Waals surface area (Å²) in [4.78, 5) is 28.9. The zero-order chi connectivity index (χ0) is 17.1. The fraction of sp³-hybridized carbons (Fsp3) is 0.167. The molecule has 1 amide bonds. The van der Waals surface area contributed by atoms with Gasteiger partial charge >= 0.3 is 0 Å². The van der Waals surface area contributed by atoms with Crippen LogP contribution in [0.25, 0.3) is 10.9 Å². The van der Waals surface area contributed by atoms with Gasteiger partial charge in [-0.1, -0.05) is 41.9 Å². The van der Waals surface area contributed by atoms with E-state index in [-0.39, 0.29) is 24.1 Å². The van der Waals surface area contributed by atoms with E-state index in [0.29, 0.717) is 15.9 Å². The van der Waals surface area contributed by atoms with Crippen molar-refractivity contribution in [1.82, 2.24) is 14.9 Å². The minimum absolute atomic E-state index is 0.0918. The molecule has 0 saturated heterocycles. The van der Waals surface area contributed by atoms with Crippen molar-refractivity contribution < 1.29 is 4.79 Å². The van der Waals surface area contributed by atoms with Gasteiger partial charge in [-0.25, -0.2) is 4.98 Å². The van der Waals surface area contributed by atoms with Crippen LogP contribution in [0.3, 0.4) is 0 Å². The Morgan fingerprint density at radius 2 is 2.00 bits per heavy atom. The zero-order valence-electron chi connectivity index (χ0n) is 13.1. The number of hydrogen-bond acceptors (Lipinski definition) is 3. The van der Waals surface area contributed by atoms with Gasteiger partial charge in [-0.05, 0) is 30.7 Å². The topological polar surface area (TPSA) is 64.0 Å². The second-order valence-corrected chi connectivity index (χ2v) is 5.98. The highest BCUT2D eigenvalue weighted by atomic mass is 35.5. The van der Waals surface area contributed by atoms with E-state index in [0.717, 1.165) is 5.56 Å². The lowest BCUT2D eigenvalue weighted by atomic mass is 10.1. The van der Waals surface area contributed by atoms with Gasteiger partial charge in [-0.15, -0.1) is 0 Å². The molecule has 3 rings (SSSR count). The molecule has 0 saturated carbocycles. The summed E-state index contributed by atoms with van der Waals surface area (Å²) in [6.45, 7) is 1.81. The molecule has 1 aromatic heterocycles. The van der Waals surface area contributed by atoms with E-state index < -0.39 is 0 Å². The van der Waals surface area contributed by atoms with Gasteiger partial charge in [0.15, 0.2) is 0 Å². The Morgan fingerprint density at radius 1 is 1.25 bits per heavy atom. The molecule has 6 heteroatoms. The van der Waals surface area contributed by atoms with Crippen molar-refractivity contribution in [3.8, 4) is 0 Å². The number of aromatic nitrogens is 2. The van der Waals surface area contributed by atoms with Gasteiger partial charge in [0.25, 0.3) is 5.56 Å². The predicted octanol–water partition coefficient (Wildman–Crippen LogP) is 2.93. The number of nitrogens with zero attached hydrogens (tertiary/aromatic N) is 2. The van der Waals surface area contributed by atoms with Gasteiger partial charge < -0.3 is 5.32 Å². The highest BCUT2D eigenvalue weighted by Crippen LogP contribution is 2.14. The molecule has 2 aromatic carbocycles. The summed E-state index contributed by atoms with van der Waals surface area (Å²) in [5.41, 5.74) is 1.27. The van der Waals surface area contributed by atoms with E-state index in [1.54, 1.807) is 18.2 Å². The molecule has 0 radical (unpaired) electrons. The molecular weight excluding hydrogens is 326 g/mol. The molecule has 0 fully saturated rings. The van der Waals surface area contributed by atoms with Crippen LogP contribution in [0.1, 0.15) is 18.5 Å². The van der Waals surface area contributed by atoms with E-state index in [9.17, 15) is 9.59 Å². The number of amides is 1. The van der Waals surface area contributed by atoms with Crippen molar-refractivity contribution in [1.29, 1.82) is 0 Å². The standard InChI is InChI=1S/C18H16ClN3O2/c1-12(13-5-3-2-4-6-13)21-17(23)10-22-11-20-16-8-7-14(19)9-15(16)18(22)24/h2-9,11-12H,10H2,1H3,(H,21,23)/t12-/m1/s1. The number of nitrogens with one attached hydrogen (secondary N) is 1. The highest BCUT2D eigenvalue weighted by molar-refractivity contribution is 6.31. The first kappa shape index (κ1) is 16.2. The Kier molecular flexibility index (Phi) is 4.62. The van der Waals surface area contributed by atoms with Crippen molar-refractivity contribution in [2.75, 3.05) is 0 Å². The normalized spacial score (nSPS) is 12.1. The summed E-state index contributed by atoms with van der Waals surface area (Å²) in [6.07, 6.45) is 1.38. The molecule has 3 aromatic rings. The number of benzene rings is 2. The van der Waals surface area contributed by atoms with Crippen LogP contribution in [0.2, 0.25) is 5.02 Å². The molecule has 1 heterocycles. The number of fused-ring (bicyclic) bond motifs is 1. The van der Waals surface area contributed by atoms with Gasteiger partial charge in [-0.2, -0.15) is 0 Å². The van der Waals surface area contributed by atoms with Crippen LogP contribution in [0.5, 0.6) is 0 Å². The van der Waals surface area contributed by atoms with Crippen LogP contribution in [0.4, 0.5) is 0 Å². The molecule has 0 bridgehead atoms. The predicted molar refractivity (Wildman–Crippen MR) is 94.0 cm³/mol. The molecule has 0 aliphatic heterocycles. The van der Waals surface area contributed by atoms with Crippen molar-refractivity contribution in [2.45, 2.75) is 19.5 Å². The van der Waals surface area contributed by atoms with Gasteiger partial charge in [0.2, 0.25) is 5.91 Å². The maximum atomic E-state index is 12.5. The molecular formula is C18H16ClN3O2. The fourth-order valence-corrected chi connectivity index (χ4v) is 2.68. The lowest BCUT2D eigenvalue weighted by Crippen LogP contribution is -2.33. The fourth-order valence-electron chi connectivity index (χ4n) is 2.51. The third kappa shape index (κ3) is 3.46. The lowest BCUT2D eigenvalue weighted by Gasteiger charge is -2.15. The van der Waals surface area contributed by atoms with Crippen molar-refractivity contribution in [3.05, 3.63) is 75.8 Å². The summed E-state index contributed by atoms with van der Waals surface area (Å²) in [5, 5.41) is 3.74. The lowest BCUT2D eigenvalue weighted by molar-refractivity contribution is -0.122. The Labute approximate surface area is 143 Å². The molecule has 0 aliphatic rings. The molecule has 0 spiro atoms. The minimum atomic E-state index is -0.287. The van der Waals surface area contributed by atoms with Crippen LogP contribution in [-0.2, 0) is 11.3 Å². The van der Waals surface area contributed by atoms with E-state index >= 15 is 0 Å². The van der Waals surface area contributed by atoms with Gasteiger partial charge in [-0.3, -0.25) is 14.2 Å². The first-order chi connectivity index (χ1) is 11.5. The van der Waals surface area contributed by atoms with Crippen LogP contribution in [-0.4, -0.2) is 15.5 Å². The first-order valence-corrected chi connectivity index (χ1v) is 7.91. The molecule has 24 heavy (non-hydrogen) atoms. The van der Waals surface area contributed by atoms with Crippen molar-refractivity contribution in [2.24, 2.45) is 0 Å². The van der Waals surface area contributed by atoms with E-state index in [2.05, 4.69) is 10.3 Å². The summed E-state index contributed by atoms with van der Waals surface area (Å²) < 4.78 is 1.28. The van der Waals surface area contributed by atoms with Crippen LogP contribution in [0.15, 0.2) is 59.7 Å². The second kappa shape index (κ2) is 6.84. The molecule has 0 unspecified atom stereocenters. The molecule has 1 N–H and O–H groups in total. The summed E-state index contributed by atoms with van der Waals surface area (Å²) in [6, 6.07) is 14.4. The molecule has 5 nitrogen and oxygen atoms in total. The SMILES string of the molecule is C[C@@H](NC(=O)Cn1cnc2ccc(Cl)cc2c1=O)c1ccccc1. The number of carbonyl (C=O) groups is 1. The van der Waals surface area contributed by atoms with E-state index in [1.807, 2.05) is 37.3 Å². The van der Waals surface area contributed by atoms with Crippen LogP contribution < -0.4 is 10.9 Å². The first-order valence-electron chi connectivity index (χ1n) is 7.53. The quantitative estimate of drug-likeness (QED) is 0.793. The Hall–Kier alpha value is -2.66. The zero-order valence-corrected chi connectivity index (χ0v) is 13.8. The average Bonchev–Trinajstić information content (AvgIpc) is 2.58. The van der Waals surface area contributed by atoms with Crippen LogP contribution in [0, 0.1) is 0 Å². The smallest absolute Gasteiger partial charge is 0.261 e. The van der Waals surface area contributed by atoms with Crippen molar-refractivity contribution >= 4 is 28.4 Å². The second-order valence-electron chi connectivity index (χ2n) is 5.54. The summed E-state index contributed by atoms with van der Waals surface area (Å²) in [7, 11) is 0. The number of halogens is 1. The maximum Gasteiger partial charge on any atom is 0.261 e. The van der Waals surface area contributed by atoms with E-state index in [1.165, 1.54) is 10.9 Å². The minimum Gasteiger partial charge on any atom is -0.348 e. The average molecular weight is 342 g/mol. The number of rotatable bonds is 4. The van der Waals surface area contributed by atoms with Crippen LogP contribution >= 0.6 is 11.6 Å². The summed E-state index contributed by atoms with van der Waals surface area (Å²) >= 11 is 5.93. The Balaban J connectivity index is 1.78. The Bertz CT molecular complexity index is 938. The molecule has 122 valence electrons. The Morgan fingerprint density at radius 3 is 2.75 bits per heavy atom. The molecule has 1 atom stereocenters. The largest absolute Gasteiger partial charge is 0.348 e. The van der Waals surface area contributed by atoms with Gasteiger partial charge in [0, 0.05) is 5.02 Å². The third-order valence-corrected chi connectivity index (χ3v) is 4.01. The van der Waals surface area contributed by atoms with Gasteiger partial charge in [0.1, 0.15) is 6.54 Å². The number of carbonyl (C=O) groups excluding carboxylic acids is 1. The van der Waals surface area contributed by atoms with E-state index in [4.69, 9.17) is 11.6 Å². The highest BCUT2D eigenvalue weighted by Gasteiger charge is 2.12. The molecule has 0 aliphatic carbocycles. The maximum absolute atomic E-state index is 12.5. The number of hydrogen-bond donors (Lipinski definition) is 1.